The van der Waals surface area contributed by atoms with Gasteiger partial charge >= 0.3 is 5.97 Å². The van der Waals surface area contributed by atoms with Crippen LogP contribution in [0.5, 0.6) is 5.75 Å². The molecule has 0 fully saturated rings. The van der Waals surface area contributed by atoms with Gasteiger partial charge < -0.3 is 9.84 Å². The predicted molar refractivity (Wildman–Crippen MR) is 85.1 cm³/mol. The molecule has 3 rings (SSSR count). The summed E-state index contributed by atoms with van der Waals surface area (Å²) in [6.07, 6.45) is 0. The standard InChI is InChI=1S/C17H15N3O3/c1-23-14-9-7-12(8-10-14)16-17(13-5-3-2-4-6-13)20(19-18-16)11-15(21)22/h2-10H,11H2,1H3,(H,21,22). The van der Waals surface area contributed by atoms with Crippen LogP contribution in [-0.4, -0.2) is 33.2 Å². The number of methoxy groups -OCH3 is 1. The fourth-order valence-corrected chi connectivity index (χ4v) is 2.38. The molecule has 0 saturated heterocycles. The van der Waals surface area contributed by atoms with Crippen molar-refractivity contribution >= 4 is 5.97 Å². The molecule has 23 heavy (non-hydrogen) atoms. The SMILES string of the molecule is COc1ccc(-c2nnn(CC(=O)O)c2-c2ccccc2)cc1. The predicted octanol–water partition coefficient (Wildman–Crippen LogP) is 2.71. The highest BCUT2D eigenvalue weighted by atomic mass is 16.5. The fourth-order valence-electron chi connectivity index (χ4n) is 2.38. The van der Waals surface area contributed by atoms with Gasteiger partial charge in [-0.1, -0.05) is 35.5 Å². The Kier molecular flexibility index (Phi) is 4.05. The van der Waals surface area contributed by atoms with Gasteiger partial charge in [0.25, 0.3) is 0 Å². The molecule has 6 heteroatoms. The molecule has 1 N–H and O–H groups in total. The maximum absolute atomic E-state index is 11.1. The van der Waals surface area contributed by atoms with E-state index in [2.05, 4.69) is 10.3 Å². The molecule has 0 aliphatic rings. The second kappa shape index (κ2) is 6.31. The number of aliphatic carboxylic acids is 1. The molecule has 0 aliphatic heterocycles. The number of carboxylic acids is 1. The molecule has 6 nitrogen and oxygen atoms in total. The van der Waals surface area contributed by atoms with Gasteiger partial charge in [-0.3, -0.25) is 4.79 Å². The van der Waals surface area contributed by atoms with Gasteiger partial charge in [0, 0.05) is 11.1 Å². The third-order valence-electron chi connectivity index (χ3n) is 3.43. The second-order valence-electron chi connectivity index (χ2n) is 4.93. The summed E-state index contributed by atoms with van der Waals surface area (Å²) in [6, 6.07) is 16.9. The summed E-state index contributed by atoms with van der Waals surface area (Å²) in [6.45, 7) is -0.243. The lowest BCUT2D eigenvalue weighted by atomic mass is 10.0. The molecule has 0 unspecified atom stereocenters. The number of nitrogens with zero attached hydrogens (tertiary/aromatic N) is 3. The van der Waals surface area contributed by atoms with E-state index >= 15 is 0 Å². The van der Waals surface area contributed by atoms with Crippen molar-refractivity contribution < 1.29 is 14.6 Å². The lowest BCUT2D eigenvalue weighted by Crippen LogP contribution is -2.11. The zero-order valence-electron chi connectivity index (χ0n) is 12.5. The van der Waals surface area contributed by atoms with Gasteiger partial charge in [0.15, 0.2) is 0 Å². The number of rotatable bonds is 5. The van der Waals surface area contributed by atoms with Gasteiger partial charge in [0.1, 0.15) is 18.0 Å². The zero-order chi connectivity index (χ0) is 16.2. The van der Waals surface area contributed by atoms with Crippen LogP contribution in [0.2, 0.25) is 0 Å². The van der Waals surface area contributed by atoms with E-state index in [9.17, 15) is 4.79 Å². The summed E-state index contributed by atoms with van der Waals surface area (Å²) in [5, 5.41) is 17.3. The highest BCUT2D eigenvalue weighted by molar-refractivity contribution is 5.79. The van der Waals surface area contributed by atoms with Gasteiger partial charge in [-0.2, -0.15) is 0 Å². The smallest absolute Gasteiger partial charge is 0.325 e. The highest BCUT2D eigenvalue weighted by Gasteiger charge is 2.18. The Morgan fingerprint density at radius 3 is 2.39 bits per heavy atom. The first-order valence-electron chi connectivity index (χ1n) is 7.04. The number of carboxylic acid groups (broad SMARTS) is 1. The van der Waals surface area contributed by atoms with Crippen LogP contribution >= 0.6 is 0 Å². The summed E-state index contributed by atoms with van der Waals surface area (Å²) >= 11 is 0. The van der Waals surface area contributed by atoms with Crippen molar-refractivity contribution in [2.24, 2.45) is 0 Å². The van der Waals surface area contributed by atoms with Crippen LogP contribution in [0.25, 0.3) is 22.5 Å². The van der Waals surface area contributed by atoms with Crippen molar-refractivity contribution in [2.75, 3.05) is 7.11 Å². The molecule has 0 bridgehead atoms. The minimum atomic E-state index is -0.964. The number of hydrogen-bond acceptors (Lipinski definition) is 4. The average molecular weight is 309 g/mol. The molecule has 1 aromatic heterocycles. The summed E-state index contributed by atoms with van der Waals surface area (Å²) in [5.41, 5.74) is 3.03. The largest absolute Gasteiger partial charge is 0.497 e. The molecule has 0 spiro atoms. The van der Waals surface area contributed by atoms with Crippen LogP contribution < -0.4 is 4.74 Å². The van der Waals surface area contributed by atoms with E-state index in [4.69, 9.17) is 9.84 Å². The fraction of sp³-hybridized carbons (Fsp3) is 0.118. The van der Waals surface area contributed by atoms with Gasteiger partial charge in [0.05, 0.1) is 12.8 Å². The van der Waals surface area contributed by atoms with Gasteiger partial charge in [-0.15, -0.1) is 5.10 Å². The van der Waals surface area contributed by atoms with E-state index in [-0.39, 0.29) is 6.54 Å². The first kappa shape index (κ1) is 14.8. The van der Waals surface area contributed by atoms with Crippen molar-refractivity contribution in [3.8, 4) is 28.3 Å². The van der Waals surface area contributed by atoms with Gasteiger partial charge in [-0.05, 0) is 24.3 Å². The van der Waals surface area contributed by atoms with Crippen LogP contribution in [-0.2, 0) is 11.3 Å². The first-order chi connectivity index (χ1) is 11.2. The monoisotopic (exact) mass is 309 g/mol. The number of ether oxygens (including phenoxy) is 1. The second-order valence-corrected chi connectivity index (χ2v) is 4.93. The third kappa shape index (κ3) is 3.06. The van der Waals surface area contributed by atoms with Gasteiger partial charge in [0.2, 0.25) is 0 Å². The van der Waals surface area contributed by atoms with Crippen molar-refractivity contribution in [1.29, 1.82) is 0 Å². The molecule has 1 heterocycles. The third-order valence-corrected chi connectivity index (χ3v) is 3.43. The number of aromatic nitrogens is 3. The maximum Gasteiger partial charge on any atom is 0.325 e. The van der Waals surface area contributed by atoms with Crippen LogP contribution in [0.3, 0.4) is 0 Å². The Morgan fingerprint density at radius 1 is 1.09 bits per heavy atom. The van der Waals surface area contributed by atoms with Crippen molar-refractivity contribution in [3.05, 3.63) is 54.6 Å². The van der Waals surface area contributed by atoms with E-state index in [1.165, 1.54) is 4.68 Å². The Bertz CT molecular complexity index is 811. The number of hydrogen-bond donors (Lipinski definition) is 1. The normalized spacial score (nSPS) is 10.5. The molecule has 0 atom stereocenters. The topological polar surface area (TPSA) is 77.2 Å². The molecular weight excluding hydrogens is 294 g/mol. The Labute approximate surface area is 133 Å². The summed E-state index contributed by atoms with van der Waals surface area (Å²) in [4.78, 5) is 11.1. The minimum Gasteiger partial charge on any atom is -0.497 e. The van der Waals surface area contributed by atoms with Crippen molar-refractivity contribution in [2.45, 2.75) is 6.54 Å². The lowest BCUT2D eigenvalue weighted by molar-refractivity contribution is -0.137. The van der Waals surface area contributed by atoms with Crippen molar-refractivity contribution in [1.82, 2.24) is 15.0 Å². The summed E-state index contributed by atoms with van der Waals surface area (Å²) in [5.74, 6) is -0.221. The van der Waals surface area contributed by atoms with Crippen LogP contribution in [0.4, 0.5) is 0 Å². The quantitative estimate of drug-likeness (QED) is 0.784. The maximum atomic E-state index is 11.1. The van der Waals surface area contributed by atoms with Gasteiger partial charge in [-0.25, -0.2) is 4.68 Å². The van der Waals surface area contributed by atoms with Crippen molar-refractivity contribution in [3.63, 3.8) is 0 Å². The van der Waals surface area contributed by atoms with E-state index in [0.717, 1.165) is 16.9 Å². The molecule has 2 aromatic carbocycles. The molecule has 0 radical (unpaired) electrons. The van der Waals surface area contributed by atoms with E-state index in [0.29, 0.717) is 11.4 Å². The van der Waals surface area contributed by atoms with Crippen LogP contribution in [0.15, 0.2) is 54.6 Å². The lowest BCUT2D eigenvalue weighted by Gasteiger charge is -2.07. The molecule has 116 valence electrons. The molecule has 0 saturated carbocycles. The van der Waals surface area contributed by atoms with E-state index in [1.807, 2.05) is 54.6 Å². The highest BCUT2D eigenvalue weighted by Crippen LogP contribution is 2.31. The summed E-state index contributed by atoms with van der Waals surface area (Å²) in [7, 11) is 1.60. The molecule has 0 amide bonds. The molecule has 0 aliphatic carbocycles. The average Bonchev–Trinajstić information content (AvgIpc) is 2.98. The van der Waals surface area contributed by atoms with E-state index < -0.39 is 5.97 Å². The number of carbonyl (C=O) groups is 1. The molecular formula is C17H15N3O3. The zero-order valence-corrected chi connectivity index (χ0v) is 12.5. The Hall–Kier alpha value is -3.15. The Balaban J connectivity index is 2.12. The molecule has 3 aromatic rings. The Morgan fingerprint density at radius 2 is 1.78 bits per heavy atom. The number of benzene rings is 2. The van der Waals surface area contributed by atoms with Crippen LogP contribution in [0, 0.1) is 0 Å². The van der Waals surface area contributed by atoms with E-state index in [1.54, 1.807) is 7.11 Å². The van der Waals surface area contributed by atoms with Crippen LogP contribution in [0.1, 0.15) is 0 Å². The minimum absolute atomic E-state index is 0.243. The first-order valence-corrected chi connectivity index (χ1v) is 7.04. The summed E-state index contributed by atoms with van der Waals surface area (Å²) < 4.78 is 6.56.